The summed E-state index contributed by atoms with van der Waals surface area (Å²) in [5, 5.41) is 9.96. The van der Waals surface area contributed by atoms with Gasteiger partial charge >= 0.3 is 0 Å². The summed E-state index contributed by atoms with van der Waals surface area (Å²) in [6.07, 6.45) is 2.45. The van der Waals surface area contributed by atoms with Crippen LogP contribution in [0.3, 0.4) is 0 Å². The molecule has 0 bridgehead atoms. The first-order valence-corrected chi connectivity index (χ1v) is 5.75. The summed E-state index contributed by atoms with van der Waals surface area (Å²) in [5.41, 5.74) is -0.0411. The van der Waals surface area contributed by atoms with Crippen LogP contribution in [0.4, 0.5) is 8.78 Å². The van der Waals surface area contributed by atoms with Crippen LogP contribution in [0.1, 0.15) is 24.4 Å². The summed E-state index contributed by atoms with van der Waals surface area (Å²) in [5.74, 6) is -1.31. The molecule has 18 heavy (non-hydrogen) atoms. The van der Waals surface area contributed by atoms with Crippen molar-refractivity contribution in [3.8, 4) is 0 Å². The van der Waals surface area contributed by atoms with E-state index in [4.69, 9.17) is 0 Å². The Morgan fingerprint density at radius 2 is 2.17 bits per heavy atom. The van der Waals surface area contributed by atoms with E-state index >= 15 is 0 Å². The third kappa shape index (κ3) is 2.41. The van der Waals surface area contributed by atoms with Gasteiger partial charge in [0.25, 0.3) is 0 Å². The number of benzene rings is 1. The van der Waals surface area contributed by atoms with Crippen molar-refractivity contribution in [2.24, 2.45) is 0 Å². The Kier molecular flexibility index (Phi) is 3.72. The number of aromatic nitrogens is 2. The van der Waals surface area contributed by atoms with Crippen LogP contribution in [0.5, 0.6) is 0 Å². The standard InChI is InChI=1S/C13H14F2N2O/c1-2-17-7-6-16-12(17)8-11(18)9-4-3-5-10(14)13(9)15/h3-7,11,18H,2,8H2,1H3. The van der Waals surface area contributed by atoms with Gasteiger partial charge in [0.2, 0.25) is 0 Å². The molecule has 1 N–H and O–H groups in total. The van der Waals surface area contributed by atoms with E-state index in [0.29, 0.717) is 12.4 Å². The predicted molar refractivity (Wildman–Crippen MR) is 62.9 cm³/mol. The molecule has 2 rings (SSSR count). The average Bonchev–Trinajstić information content (AvgIpc) is 2.79. The molecule has 0 aliphatic carbocycles. The number of hydrogen-bond acceptors (Lipinski definition) is 2. The zero-order valence-electron chi connectivity index (χ0n) is 9.98. The van der Waals surface area contributed by atoms with Gasteiger partial charge in [0, 0.05) is 30.9 Å². The second-order valence-electron chi connectivity index (χ2n) is 3.99. The zero-order chi connectivity index (χ0) is 13.1. The highest BCUT2D eigenvalue weighted by Gasteiger charge is 2.18. The monoisotopic (exact) mass is 252 g/mol. The molecule has 0 aliphatic rings. The van der Waals surface area contributed by atoms with E-state index < -0.39 is 17.7 Å². The Labute approximate surface area is 104 Å². The van der Waals surface area contributed by atoms with Gasteiger partial charge < -0.3 is 9.67 Å². The fourth-order valence-corrected chi connectivity index (χ4v) is 1.88. The van der Waals surface area contributed by atoms with Gasteiger partial charge in [-0.3, -0.25) is 0 Å². The summed E-state index contributed by atoms with van der Waals surface area (Å²) < 4.78 is 28.4. The van der Waals surface area contributed by atoms with Crippen molar-refractivity contribution in [2.75, 3.05) is 0 Å². The lowest BCUT2D eigenvalue weighted by Gasteiger charge is -2.12. The van der Waals surface area contributed by atoms with Crippen molar-refractivity contribution >= 4 is 0 Å². The van der Waals surface area contributed by atoms with Crippen LogP contribution in [0.2, 0.25) is 0 Å². The summed E-state index contributed by atoms with van der Waals surface area (Å²) >= 11 is 0. The lowest BCUT2D eigenvalue weighted by Crippen LogP contribution is -2.10. The van der Waals surface area contributed by atoms with Gasteiger partial charge in [-0.05, 0) is 13.0 Å². The van der Waals surface area contributed by atoms with Crippen molar-refractivity contribution in [3.05, 3.63) is 53.6 Å². The third-order valence-electron chi connectivity index (χ3n) is 2.86. The van der Waals surface area contributed by atoms with Gasteiger partial charge in [-0.2, -0.15) is 0 Å². The number of aryl methyl sites for hydroxylation is 1. The van der Waals surface area contributed by atoms with E-state index in [9.17, 15) is 13.9 Å². The van der Waals surface area contributed by atoms with Crippen molar-refractivity contribution in [2.45, 2.75) is 26.0 Å². The Morgan fingerprint density at radius 3 is 2.89 bits per heavy atom. The predicted octanol–water partition coefficient (Wildman–Crippen LogP) is 2.46. The molecule has 0 radical (unpaired) electrons. The minimum atomic E-state index is -1.10. The van der Waals surface area contributed by atoms with Crippen LogP contribution in [-0.2, 0) is 13.0 Å². The quantitative estimate of drug-likeness (QED) is 0.907. The molecular formula is C13H14F2N2O. The molecule has 1 heterocycles. The highest BCUT2D eigenvalue weighted by molar-refractivity contribution is 5.22. The maximum absolute atomic E-state index is 13.5. The minimum absolute atomic E-state index is 0.0411. The SMILES string of the molecule is CCn1ccnc1CC(O)c1cccc(F)c1F. The Balaban J connectivity index is 2.22. The molecule has 0 spiro atoms. The number of aliphatic hydroxyl groups is 1. The van der Waals surface area contributed by atoms with Gasteiger partial charge in [0.1, 0.15) is 5.82 Å². The van der Waals surface area contributed by atoms with Gasteiger partial charge in [0.15, 0.2) is 11.6 Å². The zero-order valence-corrected chi connectivity index (χ0v) is 9.98. The molecular weight excluding hydrogens is 238 g/mol. The molecule has 96 valence electrons. The molecule has 1 unspecified atom stereocenters. The third-order valence-corrected chi connectivity index (χ3v) is 2.86. The van der Waals surface area contributed by atoms with E-state index in [1.807, 2.05) is 11.5 Å². The van der Waals surface area contributed by atoms with E-state index in [-0.39, 0.29) is 12.0 Å². The normalized spacial score (nSPS) is 12.7. The van der Waals surface area contributed by atoms with Gasteiger partial charge in [-0.25, -0.2) is 13.8 Å². The number of rotatable bonds is 4. The molecule has 5 heteroatoms. The fraction of sp³-hybridized carbons (Fsp3) is 0.308. The number of halogens is 2. The van der Waals surface area contributed by atoms with Gasteiger partial charge in [0.05, 0.1) is 6.10 Å². The van der Waals surface area contributed by atoms with E-state index in [1.165, 1.54) is 12.1 Å². The maximum Gasteiger partial charge on any atom is 0.164 e. The summed E-state index contributed by atoms with van der Waals surface area (Å²) in [7, 11) is 0. The van der Waals surface area contributed by atoms with Crippen LogP contribution in [0.15, 0.2) is 30.6 Å². The molecule has 1 aromatic carbocycles. The second kappa shape index (κ2) is 5.27. The van der Waals surface area contributed by atoms with Crippen LogP contribution in [0.25, 0.3) is 0 Å². The summed E-state index contributed by atoms with van der Waals surface area (Å²) in [6, 6.07) is 3.78. The summed E-state index contributed by atoms with van der Waals surface area (Å²) in [6.45, 7) is 2.66. The molecule has 0 aliphatic heterocycles. The highest BCUT2D eigenvalue weighted by Crippen LogP contribution is 2.22. The molecule has 0 amide bonds. The first-order valence-electron chi connectivity index (χ1n) is 5.75. The van der Waals surface area contributed by atoms with Crippen LogP contribution in [0, 0.1) is 11.6 Å². The number of imidazole rings is 1. The highest BCUT2D eigenvalue weighted by atomic mass is 19.2. The first kappa shape index (κ1) is 12.7. The fourth-order valence-electron chi connectivity index (χ4n) is 1.88. The molecule has 3 nitrogen and oxygen atoms in total. The topological polar surface area (TPSA) is 38.0 Å². The Bertz CT molecular complexity index is 540. The lowest BCUT2D eigenvalue weighted by molar-refractivity contribution is 0.168. The number of hydrogen-bond donors (Lipinski definition) is 1. The first-order chi connectivity index (χ1) is 8.63. The Hall–Kier alpha value is -1.75. The van der Waals surface area contributed by atoms with E-state index in [2.05, 4.69) is 4.98 Å². The lowest BCUT2D eigenvalue weighted by atomic mass is 10.1. The Morgan fingerprint density at radius 1 is 1.39 bits per heavy atom. The summed E-state index contributed by atoms with van der Waals surface area (Å²) in [4.78, 5) is 4.09. The molecule has 1 aromatic heterocycles. The van der Waals surface area contributed by atoms with Crippen molar-refractivity contribution in [1.29, 1.82) is 0 Å². The molecule has 2 aromatic rings. The van der Waals surface area contributed by atoms with Gasteiger partial charge in [-0.15, -0.1) is 0 Å². The van der Waals surface area contributed by atoms with Gasteiger partial charge in [-0.1, -0.05) is 12.1 Å². The van der Waals surface area contributed by atoms with Crippen LogP contribution >= 0.6 is 0 Å². The van der Waals surface area contributed by atoms with E-state index in [1.54, 1.807) is 12.4 Å². The smallest absolute Gasteiger partial charge is 0.164 e. The second-order valence-corrected chi connectivity index (χ2v) is 3.99. The average molecular weight is 252 g/mol. The molecule has 0 saturated carbocycles. The van der Waals surface area contributed by atoms with Crippen molar-refractivity contribution in [1.82, 2.24) is 9.55 Å². The molecule has 0 fully saturated rings. The van der Waals surface area contributed by atoms with Crippen molar-refractivity contribution < 1.29 is 13.9 Å². The maximum atomic E-state index is 13.5. The molecule has 1 atom stereocenters. The van der Waals surface area contributed by atoms with Crippen LogP contribution in [-0.4, -0.2) is 14.7 Å². The number of aliphatic hydroxyl groups excluding tert-OH is 1. The number of nitrogens with zero attached hydrogens (tertiary/aromatic N) is 2. The largest absolute Gasteiger partial charge is 0.388 e. The van der Waals surface area contributed by atoms with Crippen molar-refractivity contribution in [3.63, 3.8) is 0 Å². The van der Waals surface area contributed by atoms with E-state index in [0.717, 1.165) is 6.07 Å². The van der Waals surface area contributed by atoms with Crippen LogP contribution < -0.4 is 0 Å². The molecule has 0 saturated heterocycles. The minimum Gasteiger partial charge on any atom is -0.388 e.